The molecule has 0 aromatic carbocycles. The van der Waals surface area contributed by atoms with Crippen molar-refractivity contribution in [2.45, 2.75) is 24.8 Å². The summed E-state index contributed by atoms with van der Waals surface area (Å²) in [4.78, 5) is 0. The SMILES string of the molecule is CC/C(F)=C(/F)CC(F)Br. The number of rotatable bonds is 3. The zero-order chi connectivity index (χ0) is 8.15. The van der Waals surface area contributed by atoms with Gasteiger partial charge in [-0.1, -0.05) is 22.9 Å². The third-order valence-electron chi connectivity index (χ3n) is 0.938. The standard InChI is InChI=1S/C6H8BrF3/c1-2-4(8)5(9)3-6(7)10/h6H,2-3H2,1H3/b5-4-. The van der Waals surface area contributed by atoms with Gasteiger partial charge in [-0.3, -0.25) is 0 Å². The van der Waals surface area contributed by atoms with Gasteiger partial charge >= 0.3 is 0 Å². The van der Waals surface area contributed by atoms with Gasteiger partial charge in [-0.25, -0.2) is 13.2 Å². The second kappa shape index (κ2) is 4.77. The Kier molecular flexibility index (Phi) is 4.77. The molecule has 0 N–H and O–H groups in total. The van der Waals surface area contributed by atoms with E-state index < -0.39 is 23.2 Å². The van der Waals surface area contributed by atoms with E-state index in [1.165, 1.54) is 6.92 Å². The van der Waals surface area contributed by atoms with Gasteiger partial charge in [0.2, 0.25) is 0 Å². The fourth-order valence-corrected chi connectivity index (χ4v) is 0.722. The van der Waals surface area contributed by atoms with Gasteiger partial charge in [0, 0.05) is 6.42 Å². The van der Waals surface area contributed by atoms with Crippen molar-refractivity contribution < 1.29 is 13.2 Å². The smallest absolute Gasteiger partial charge is 0.161 e. The molecule has 0 nitrogen and oxygen atoms in total. The molecule has 0 fully saturated rings. The highest BCUT2D eigenvalue weighted by Gasteiger charge is 2.09. The number of halogens is 4. The summed E-state index contributed by atoms with van der Waals surface area (Å²) in [7, 11) is 0. The highest BCUT2D eigenvalue weighted by molar-refractivity contribution is 9.09. The fraction of sp³-hybridized carbons (Fsp3) is 0.667. The number of hydrogen-bond donors (Lipinski definition) is 0. The van der Waals surface area contributed by atoms with Gasteiger partial charge in [-0.2, -0.15) is 0 Å². The maximum Gasteiger partial charge on any atom is 0.161 e. The molecule has 0 saturated heterocycles. The van der Waals surface area contributed by atoms with E-state index in [0.29, 0.717) is 0 Å². The van der Waals surface area contributed by atoms with Crippen molar-refractivity contribution in [1.82, 2.24) is 0 Å². The molecule has 0 amide bonds. The maximum atomic E-state index is 12.3. The van der Waals surface area contributed by atoms with Crippen LogP contribution in [0.5, 0.6) is 0 Å². The lowest BCUT2D eigenvalue weighted by molar-refractivity contribution is 0.406. The maximum absolute atomic E-state index is 12.3. The molecule has 0 bridgehead atoms. The van der Waals surface area contributed by atoms with Crippen molar-refractivity contribution in [3.05, 3.63) is 11.7 Å². The average Bonchev–Trinajstić information content (AvgIpc) is 1.85. The van der Waals surface area contributed by atoms with E-state index in [0.717, 1.165) is 0 Å². The summed E-state index contributed by atoms with van der Waals surface area (Å²) in [6.07, 6.45) is -0.550. The molecule has 0 saturated carbocycles. The van der Waals surface area contributed by atoms with Crippen LogP contribution in [0.4, 0.5) is 13.2 Å². The van der Waals surface area contributed by atoms with Crippen LogP contribution in [0.2, 0.25) is 0 Å². The molecule has 0 rings (SSSR count). The van der Waals surface area contributed by atoms with Crippen LogP contribution in [0.15, 0.2) is 11.7 Å². The summed E-state index contributed by atoms with van der Waals surface area (Å²) in [5.41, 5.74) is 0. The Morgan fingerprint density at radius 3 is 2.20 bits per heavy atom. The van der Waals surface area contributed by atoms with Crippen molar-refractivity contribution in [2.24, 2.45) is 0 Å². The average molecular weight is 217 g/mol. The van der Waals surface area contributed by atoms with Crippen LogP contribution in [0, 0.1) is 0 Å². The second-order valence-corrected chi connectivity index (χ2v) is 2.75. The molecule has 0 spiro atoms. The van der Waals surface area contributed by atoms with E-state index in [1.807, 2.05) is 0 Å². The van der Waals surface area contributed by atoms with E-state index in [1.54, 1.807) is 0 Å². The highest BCUT2D eigenvalue weighted by atomic mass is 79.9. The third-order valence-corrected chi connectivity index (χ3v) is 1.26. The molecule has 1 atom stereocenters. The quantitative estimate of drug-likeness (QED) is 0.633. The zero-order valence-electron chi connectivity index (χ0n) is 5.50. The van der Waals surface area contributed by atoms with Crippen molar-refractivity contribution in [2.75, 3.05) is 0 Å². The van der Waals surface area contributed by atoms with Crippen molar-refractivity contribution in [3.8, 4) is 0 Å². The topological polar surface area (TPSA) is 0 Å². The van der Waals surface area contributed by atoms with Gasteiger partial charge in [0.05, 0.1) is 0 Å². The minimum absolute atomic E-state index is 0.0223. The molecular formula is C6H8BrF3. The Bertz CT molecular complexity index is 131. The van der Waals surface area contributed by atoms with Gasteiger partial charge in [0.25, 0.3) is 0 Å². The summed E-state index contributed by atoms with van der Waals surface area (Å²) in [5, 5.41) is -1.50. The summed E-state index contributed by atoms with van der Waals surface area (Å²) in [6, 6.07) is 0. The summed E-state index contributed by atoms with van der Waals surface area (Å²) >= 11 is 2.46. The second-order valence-electron chi connectivity index (χ2n) is 1.76. The molecule has 0 aliphatic heterocycles. The molecule has 0 aromatic rings. The molecule has 0 aromatic heterocycles. The Hall–Kier alpha value is 0.01000. The summed E-state index contributed by atoms with van der Waals surface area (Å²) in [6.45, 7) is 1.47. The predicted molar refractivity (Wildman–Crippen MR) is 38.0 cm³/mol. The minimum Gasteiger partial charge on any atom is -0.235 e. The van der Waals surface area contributed by atoms with Crippen molar-refractivity contribution >= 4 is 15.9 Å². The first-order chi connectivity index (χ1) is 4.57. The van der Waals surface area contributed by atoms with Crippen molar-refractivity contribution in [1.29, 1.82) is 0 Å². The molecule has 1 unspecified atom stereocenters. The van der Waals surface area contributed by atoms with E-state index >= 15 is 0 Å². The van der Waals surface area contributed by atoms with Gasteiger partial charge in [0.1, 0.15) is 11.7 Å². The van der Waals surface area contributed by atoms with Crippen LogP contribution in [-0.4, -0.2) is 5.08 Å². The Morgan fingerprint density at radius 1 is 1.40 bits per heavy atom. The van der Waals surface area contributed by atoms with Crippen molar-refractivity contribution in [3.63, 3.8) is 0 Å². The Morgan fingerprint density at radius 2 is 1.90 bits per heavy atom. The number of alkyl halides is 2. The van der Waals surface area contributed by atoms with E-state index in [4.69, 9.17) is 0 Å². The highest BCUT2D eigenvalue weighted by Crippen LogP contribution is 2.20. The number of hydrogen-bond acceptors (Lipinski definition) is 0. The van der Waals surface area contributed by atoms with Gasteiger partial charge < -0.3 is 0 Å². The van der Waals surface area contributed by atoms with Crippen LogP contribution < -0.4 is 0 Å². The molecule has 60 valence electrons. The molecule has 0 heterocycles. The van der Waals surface area contributed by atoms with Gasteiger partial charge in [-0.15, -0.1) is 0 Å². The predicted octanol–water partition coefficient (Wildman–Crippen LogP) is 3.63. The monoisotopic (exact) mass is 216 g/mol. The number of allylic oxidation sites excluding steroid dienone is 2. The minimum atomic E-state index is -1.50. The van der Waals surface area contributed by atoms with Crippen LogP contribution >= 0.6 is 15.9 Å². The largest absolute Gasteiger partial charge is 0.235 e. The molecule has 10 heavy (non-hydrogen) atoms. The normalized spacial score (nSPS) is 16.5. The first kappa shape index (κ1) is 10.0. The Labute approximate surface area is 66.2 Å². The van der Waals surface area contributed by atoms with E-state index in [9.17, 15) is 13.2 Å². The van der Waals surface area contributed by atoms with Crippen LogP contribution in [0.1, 0.15) is 19.8 Å². The van der Waals surface area contributed by atoms with Crippen LogP contribution in [0.3, 0.4) is 0 Å². The third kappa shape index (κ3) is 3.93. The lowest BCUT2D eigenvalue weighted by atomic mass is 10.3. The first-order valence-electron chi connectivity index (χ1n) is 2.89. The van der Waals surface area contributed by atoms with Crippen LogP contribution in [0.25, 0.3) is 0 Å². The van der Waals surface area contributed by atoms with Gasteiger partial charge in [0.15, 0.2) is 5.08 Å². The molecule has 0 radical (unpaired) electrons. The lowest BCUT2D eigenvalue weighted by Crippen LogP contribution is -1.89. The molecular weight excluding hydrogens is 209 g/mol. The van der Waals surface area contributed by atoms with E-state index in [2.05, 4.69) is 15.9 Å². The zero-order valence-corrected chi connectivity index (χ0v) is 7.09. The lowest BCUT2D eigenvalue weighted by Gasteiger charge is -1.97. The van der Waals surface area contributed by atoms with Crippen LogP contribution in [-0.2, 0) is 0 Å². The van der Waals surface area contributed by atoms with Gasteiger partial charge in [-0.05, 0) is 6.42 Å². The first-order valence-corrected chi connectivity index (χ1v) is 3.80. The fourth-order valence-electron chi connectivity index (χ4n) is 0.438. The molecule has 0 aliphatic carbocycles. The Balaban J connectivity index is 3.92. The van der Waals surface area contributed by atoms with E-state index in [-0.39, 0.29) is 6.42 Å². The molecule has 0 aliphatic rings. The summed E-state index contributed by atoms with van der Waals surface area (Å²) < 4.78 is 36.4. The summed E-state index contributed by atoms with van der Waals surface area (Å²) in [5.74, 6) is -1.88. The molecule has 4 heteroatoms.